The molecule has 0 aromatic heterocycles. The molecule has 25 heavy (non-hydrogen) atoms. The van der Waals surface area contributed by atoms with Gasteiger partial charge in [-0.1, -0.05) is 36.4 Å². The minimum atomic E-state index is -0.0847. The molecule has 2 aromatic rings. The van der Waals surface area contributed by atoms with Gasteiger partial charge in [0.15, 0.2) is 0 Å². The maximum Gasteiger partial charge on any atom is 0.238 e. The van der Waals surface area contributed by atoms with Crippen molar-refractivity contribution in [1.82, 2.24) is 4.90 Å². The van der Waals surface area contributed by atoms with Crippen LogP contribution in [-0.4, -0.2) is 36.3 Å². The largest absolute Gasteiger partial charge is 0.326 e. The number of likely N-dealkylation sites (tertiary alicyclic amines) is 1. The van der Waals surface area contributed by atoms with Gasteiger partial charge in [0.2, 0.25) is 11.8 Å². The maximum absolute atomic E-state index is 12.5. The van der Waals surface area contributed by atoms with Crippen molar-refractivity contribution in [2.45, 2.75) is 12.8 Å². The highest BCUT2D eigenvalue weighted by molar-refractivity contribution is 5.93. The Bertz CT molecular complexity index is 703. The Morgan fingerprint density at radius 3 is 2.16 bits per heavy atom. The molecule has 5 heteroatoms. The molecule has 1 fully saturated rings. The molecule has 1 saturated heterocycles. The first kappa shape index (κ1) is 17.2. The molecule has 0 aliphatic carbocycles. The van der Waals surface area contributed by atoms with Crippen LogP contribution in [0.3, 0.4) is 0 Å². The van der Waals surface area contributed by atoms with Crippen molar-refractivity contribution in [3.05, 3.63) is 60.7 Å². The van der Waals surface area contributed by atoms with Crippen molar-refractivity contribution in [3.8, 4) is 0 Å². The van der Waals surface area contributed by atoms with Gasteiger partial charge in [0.1, 0.15) is 0 Å². The summed E-state index contributed by atoms with van der Waals surface area (Å²) in [6.45, 7) is 1.77. The SMILES string of the molecule is O=C(CN1CCC[C@H](C(=O)Nc2ccccc2)C1)Nc1ccccc1. The van der Waals surface area contributed by atoms with Gasteiger partial charge in [0, 0.05) is 17.9 Å². The molecule has 3 rings (SSSR count). The van der Waals surface area contributed by atoms with E-state index in [9.17, 15) is 9.59 Å². The van der Waals surface area contributed by atoms with E-state index < -0.39 is 0 Å². The number of carbonyl (C=O) groups excluding carboxylic acids is 2. The van der Waals surface area contributed by atoms with Crippen molar-refractivity contribution < 1.29 is 9.59 Å². The van der Waals surface area contributed by atoms with E-state index in [1.807, 2.05) is 60.7 Å². The van der Waals surface area contributed by atoms with Crippen LogP contribution in [0, 0.1) is 5.92 Å². The Kier molecular flexibility index (Phi) is 5.80. The molecule has 2 amide bonds. The third-order valence-corrected chi connectivity index (χ3v) is 4.34. The second-order valence-electron chi connectivity index (χ2n) is 6.34. The summed E-state index contributed by atoms with van der Waals surface area (Å²) < 4.78 is 0. The Hall–Kier alpha value is -2.66. The van der Waals surface area contributed by atoms with Gasteiger partial charge in [-0.25, -0.2) is 0 Å². The average molecular weight is 337 g/mol. The lowest BCUT2D eigenvalue weighted by molar-refractivity contribution is -0.123. The number of carbonyl (C=O) groups is 2. The quantitative estimate of drug-likeness (QED) is 0.882. The Balaban J connectivity index is 1.50. The number of nitrogens with zero attached hydrogens (tertiary/aromatic N) is 1. The van der Waals surface area contributed by atoms with E-state index in [-0.39, 0.29) is 17.7 Å². The van der Waals surface area contributed by atoms with Crippen molar-refractivity contribution in [1.29, 1.82) is 0 Å². The molecule has 2 N–H and O–H groups in total. The number of piperidine rings is 1. The molecule has 5 nitrogen and oxygen atoms in total. The fraction of sp³-hybridized carbons (Fsp3) is 0.300. The second kappa shape index (κ2) is 8.44. The monoisotopic (exact) mass is 337 g/mol. The summed E-state index contributed by atoms with van der Waals surface area (Å²) in [4.78, 5) is 26.7. The summed E-state index contributed by atoms with van der Waals surface area (Å²) in [6.07, 6.45) is 1.78. The van der Waals surface area contributed by atoms with Crippen molar-refractivity contribution >= 4 is 23.2 Å². The smallest absolute Gasteiger partial charge is 0.238 e. The fourth-order valence-corrected chi connectivity index (χ4v) is 3.10. The topological polar surface area (TPSA) is 61.4 Å². The molecule has 1 aliphatic rings. The van der Waals surface area contributed by atoms with E-state index in [2.05, 4.69) is 15.5 Å². The van der Waals surface area contributed by atoms with Gasteiger partial charge in [-0.05, 0) is 43.7 Å². The van der Waals surface area contributed by atoms with Crippen LogP contribution < -0.4 is 10.6 Å². The van der Waals surface area contributed by atoms with Gasteiger partial charge in [0.05, 0.1) is 12.5 Å². The van der Waals surface area contributed by atoms with E-state index in [4.69, 9.17) is 0 Å². The molecule has 1 aliphatic heterocycles. The molecule has 130 valence electrons. The average Bonchev–Trinajstić information content (AvgIpc) is 2.63. The van der Waals surface area contributed by atoms with Crippen molar-refractivity contribution in [2.75, 3.05) is 30.3 Å². The first-order chi connectivity index (χ1) is 12.2. The number of hydrogen-bond donors (Lipinski definition) is 2. The van der Waals surface area contributed by atoms with E-state index in [1.165, 1.54) is 0 Å². The first-order valence-corrected chi connectivity index (χ1v) is 8.64. The van der Waals surface area contributed by atoms with Crippen LogP contribution in [0.5, 0.6) is 0 Å². The number of nitrogens with one attached hydrogen (secondary N) is 2. The standard InChI is InChI=1S/C20H23N3O2/c24-19(21-17-9-3-1-4-10-17)15-23-13-7-8-16(14-23)20(25)22-18-11-5-2-6-12-18/h1-6,9-12,16H,7-8,13-15H2,(H,21,24)(H,22,25)/t16-/m0/s1. The Labute approximate surface area is 148 Å². The van der Waals surface area contributed by atoms with Crippen LogP contribution >= 0.6 is 0 Å². The summed E-state index contributed by atoms with van der Waals surface area (Å²) >= 11 is 0. The molecule has 0 spiro atoms. The first-order valence-electron chi connectivity index (χ1n) is 8.64. The Morgan fingerprint density at radius 1 is 0.920 bits per heavy atom. The van der Waals surface area contributed by atoms with Crippen LogP contribution in [-0.2, 0) is 9.59 Å². The minimum absolute atomic E-state index is 0.0272. The Morgan fingerprint density at radius 2 is 1.52 bits per heavy atom. The molecular formula is C20H23N3O2. The lowest BCUT2D eigenvalue weighted by atomic mass is 9.97. The summed E-state index contributed by atoms with van der Waals surface area (Å²) in [5, 5.41) is 5.85. The van der Waals surface area contributed by atoms with E-state index >= 15 is 0 Å². The summed E-state index contributed by atoms with van der Waals surface area (Å²) in [5.74, 6) is -0.104. The number of benzene rings is 2. The lowest BCUT2D eigenvalue weighted by Gasteiger charge is -2.31. The molecule has 0 unspecified atom stereocenters. The van der Waals surface area contributed by atoms with E-state index in [0.717, 1.165) is 30.8 Å². The summed E-state index contributed by atoms with van der Waals surface area (Å²) in [7, 11) is 0. The van der Waals surface area contributed by atoms with Crippen LogP contribution in [0.4, 0.5) is 11.4 Å². The van der Waals surface area contributed by atoms with Crippen LogP contribution in [0.25, 0.3) is 0 Å². The number of hydrogen-bond acceptors (Lipinski definition) is 3. The fourth-order valence-electron chi connectivity index (χ4n) is 3.10. The third kappa shape index (κ3) is 5.16. The van der Waals surface area contributed by atoms with Gasteiger partial charge in [-0.3, -0.25) is 14.5 Å². The number of anilines is 2. The van der Waals surface area contributed by atoms with E-state index in [0.29, 0.717) is 13.1 Å². The highest BCUT2D eigenvalue weighted by Crippen LogP contribution is 2.19. The molecular weight excluding hydrogens is 314 g/mol. The lowest BCUT2D eigenvalue weighted by Crippen LogP contribution is -2.43. The molecule has 0 saturated carbocycles. The van der Waals surface area contributed by atoms with Gasteiger partial charge in [-0.2, -0.15) is 0 Å². The summed E-state index contributed by atoms with van der Waals surface area (Å²) in [5.41, 5.74) is 1.61. The molecule has 2 aromatic carbocycles. The van der Waals surface area contributed by atoms with Crippen LogP contribution in [0.15, 0.2) is 60.7 Å². The predicted molar refractivity (Wildman–Crippen MR) is 99.3 cm³/mol. The minimum Gasteiger partial charge on any atom is -0.326 e. The highest BCUT2D eigenvalue weighted by Gasteiger charge is 2.26. The zero-order valence-corrected chi connectivity index (χ0v) is 14.2. The zero-order chi connectivity index (χ0) is 17.5. The van der Waals surface area contributed by atoms with E-state index in [1.54, 1.807) is 0 Å². The highest BCUT2D eigenvalue weighted by atomic mass is 16.2. The van der Waals surface area contributed by atoms with Gasteiger partial charge in [0.25, 0.3) is 0 Å². The van der Waals surface area contributed by atoms with Crippen LogP contribution in [0.1, 0.15) is 12.8 Å². The van der Waals surface area contributed by atoms with Crippen molar-refractivity contribution in [2.24, 2.45) is 5.92 Å². The number of rotatable bonds is 5. The predicted octanol–water partition coefficient (Wildman–Crippen LogP) is 2.98. The molecule has 0 radical (unpaired) electrons. The normalized spacial score (nSPS) is 17.7. The van der Waals surface area contributed by atoms with Gasteiger partial charge < -0.3 is 10.6 Å². The third-order valence-electron chi connectivity index (χ3n) is 4.34. The maximum atomic E-state index is 12.5. The van der Waals surface area contributed by atoms with Crippen molar-refractivity contribution in [3.63, 3.8) is 0 Å². The zero-order valence-electron chi connectivity index (χ0n) is 14.2. The molecule has 1 atom stereocenters. The van der Waals surface area contributed by atoms with Gasteiger partial charge >= 0.3 is 0 Å². The molecule has 1 heterocycles. The number of amides is 2. The van der Waals surface area contributed by atoms with Crippen LogP contribution in [0.2, 0.25) is 0 Å². The molecule has 0 bridgehead atoms. The van der Waals surface area contributed by atoms with Gasteiger partial charge in [-0.15, -0.1) is 0 Å². The second-order valence-corrected chi connectivity index (χ2v) is 6.34. The summed E-state index contributed by atoms with van der Waals surface area (Å²) in [6, 6.07) is 18.9. The number of para-hydroxylation sites is 2.